The topological polar surface area (TPSA) is 15.3 Å². The molecule has 1 unspecified atom stereocenters. The van der Waals surface area contributed by atoms with E-state index in [1.54, 1.807) is 0 Å². The van der Waals surface area contributed by atoms with Crippen LogP contribution >= 0.6 is 11.3 Å². The summed E-state index contributed by atoms with van der Waals surface area (Å²) < 4.78 is 0. The predicted octanol–water partition coefficient (Wildman–Crippen LogP) is 3.33. The molecule has 102 valence electrons. The first kappa shape index (κ1) is 14.0. The maximum atomic E-state index is 3.68. The van der Waals surface area contributed by atoms with Gasteiger partial charge in [0, 0.05) is 28.9 Å². The van der Waals surface area contributed by atoms with Crippen LogP contribution in [-0.4, -0.2) is 30.6 Å². The van der Waals surface area contributed by atoms with Crippen LogP contribution < -0.4 is 5.32 Å². The Bertz CT molecular complexity index is 353. The van der Waals surface area contributed by atoms with Crippen LogP contribution in [0.3, 0.4) is 0 Å². The summed E-state index contributed by atoms with van der Waals surface area (Å²) in [6.07, 6.45) is 3.87. The molecule has 0 aliphatic carbocycles. The minimum atomic E-state index is 0.694. The molecular weight excluding hydrogens is 240 g/mol. The van der Waals surface area contributed by atoms with Crippen LogP contribution in [0, 0.1) is 13.8 Å². The smallest absolute Gasteiger partial charge is 0.0328 e. The molecule has 0 bridgehead atoms. The second-order valence-corrected chi connectivity index (χ2v) is 6.82. The van der Waals surface area contributed by atoms with Crippen molar-refractivity contribution in [2.24, 2.45) is 0 Å². The molecule has 1 saturated heterocycles. The zero-order chi connectivity index (χ0) is 13.0. The van der Waals surface area contributed by atoms with Gasteiger partial charge in [0.2, 0.25) is 0 Å². The molecule has 3 heteroatoms. The summed E-state index contributed by atoms with van der Waals surface area (Å²) in [5, 5.41) is 3.68. The third-order valence-corrected chi connectivity index (χ3v) is 4.93. The SMILES string of the molecule is CCCC1CN(Cc2cc(C)c(C)s2)CCCN1. The first-order valence-electron chi connectivity index (χ1n) is 7.20. The molecule has 18 heavy (non-hydrogen) atoms. The number of hydrogen-bond donors (Lipinski definition) is 1. The van der Waals surface area contributed by atoms with Crippen LogP contribution in [0.5, 0.6) is 0 Å². The van der Waals surface area contributed by atoms with E-state index in [9.17, 15) is 0 Å². The first-order chi connectivity index (χ1) is 8.69. The van der Waals surface area contributed by atoms with E-state index in [-0.39, 0.29) is 0 Å². The fraction of sp³-hybridized carbons (Fsp3) is 0.733. The Kier molecular flexibility index (Phi) is 5.22. The van der Waals surface area contributed by atoms with Gasteiger partial charge in [0.25, 0.3) is 0 Å². The van der Waals surface area contributed by atoms with E-state index in [1.807, 2.05) is 11.3 Å². The molecule has 2 nitrogen and oxygen atoms in total. The molecule has 1 aliphatic rings. The van der Waals surface area contributed by atoms with Gasteiger partial charge in [0.15, 0.2) is 0 Å². The Labute approximate surface area is 115 Å². The molecule has 0 spiro atoms. The summed E-state index contributed by atoms with van der Waals surface area (Å²) in [5.74, 6) is 0. The standard InChI is InChI=1S/C15H26N2S/c1-4-6-14-10-17(8-5-7-16-14)11-15-9-12(2)13(3)18-15/h9,14,16H,4-8,10-11H2,1-3H3. The Hall–Kier alpha value is -0.380. The van der Waals surface area contributed by atoms with E-state index in [0.717, 1.165) is 6.54 Å². The number of hydrogen-bond acceptors (Lipinski definition) is 3. The van der Waals surface area contributed by atoms with Crippen molar-refractivity contribution in [1.29, 1.82) is 0 Å². The minimum absolute atomic E-state index is 0.694. The van der Waals surface area contributed by atoms with Crippen molar-refractivity contribution in [3.63, 3.8) is 0 Å². The van der Waals surface area contributed by atoms with Crippen LogP contribution in [0.4, 0.5) is 0 Å². The summed E-state index contributed by atoms with van der Waals surface area (Å²) in [6, 6.07) is 3.06. The monoisotopic (exact) mass is 266 g/mol. The minimum Gasteiger partial charge on any atom is -0.313 e. The fourth-order valence-electron chi connectivity index (χ4n) is 2.71. The molecule has 0 amide bonds. The fourth-order valence-corrected chi connectivity index (χ4v) is 3.81. The third kappa shape index (κ3) is 3.81. The normalized spacial score (nSPS) is 22.1. The van der Waals surface area contributed by atoms with Gasteiger partial charge in [0.1, 0.15) is 0 Å². The zero-order valence-corrected chi connectivity index (χ0v) is 12.8. The lowest BCUT2D eigenvalue weighted by Crippen LogP contribution is -2.37. The van der Waals surface area contributed by atoms with Crippen LogP contribution in [0.15, 0.2) is 6.07 Å². The Morgan fingerprint density at radius 1 is 1.44 bits per heavy atom. The van der Waals surface area contributed by atoms with Gasteiger partial charge >= 0.3 is 0 Å². The van der Waals surface area contributed by atoms with Gasteiger partial charge in [-0.2, -0.15) is 0 Å². The number of thiophene rings is 1. The maximum Gasteiger partial charge on any atom is 0.0328 e. The molecule has 0 saturated carbocycles. The van der Waals surface area contributed by atoms with E-state index in [4.69, 9.17) is 0 Å². The molecule has 1 aromatic heterocycles. The van der Waals surface area contributed by atoms with E-state index >= 15 is 0 Å². The quantitative estimate of drug-likeness (QED) is 0.899. The van der Waals surface area contributed by atoms with Crippen molar-refractivity contribution in [3.05, 3.63) is 21.4 Å². The van der Waals surface area contributed by atoms with Gasteiger partial charge in [-0.1, -0.05) is 13.3 Å². The molecule has 0 aromatic carbocycles. The summed E-state index contributed by atoms with van der Waals surface area (Å²) in [7, 11) is 0. The van der Waals surface area contributed by atoms with E-state index in [0.29, 0.717) is 6.04 Å². The molecule has 1 fully saturated rings. The van der Waals surface area contributed by atoms with Gasteiger partial charge in [0.05, 0.1) is 0 Å². The van der Waals surface area contributed by atoms with Crippen LogP contribution in [0.2, 0.25) is 0 Å². The van der Waals surface area contributed by atoms with Crippen LogP contribution in [0.25, 0.3) is 0 Å². The second kappa shape index (κ2) is 6.69. The molecule has 1 N–H and O–H groups in total. The first-order valence-corrected chi connectivity index (χ1v) is 8.02. The summed E-state index contributed by atoms with van der Waals surface area (Å²) in [5.41, 5.74) is 1.45. The number of nitrogens with zero attached hydrogens (tertiary/aromatic N) is 1. The van der Waals surface area contributed by atoms with Crippen molar-refractivity contribution in [1.82, 2.24) is 10.2 Å². The van der Waals surface area contributed by atoms with Crippen LogP contribution in [-0.2, 0) is 6.54 Å². The van der Waals surface area contributed by atoms with Crippen LogP contribution in [0.1, 0.15) is 41.5 Å². The number of aryl methyl sites for hydroxylation is 2. The lowest BCUT2D eigenvalue weighted by molar-refractivity contribution is 0.257. The van der Waals surface area contributed by atoms with Crippen molar-refractivity contribution < 1.29 is 0 Å². The molecule has 1 aromatic rings. The molecule has 2 heterocycles. The lowest BCUT2D eigenvalue weighted by Gasteiger charge is -2.23. The largest absolute Gasteiger partial charge is 0.313 e. The maximum absolute atomic E-state index is 3.68. The highest BCUT2D eigenvalue weighted by Gasteiger charge is 2.17. The van der Waals surface area contributed by atoms with Crippen molar-refractivity contribution >= 4 is 11.3 Å². The molecule has 1 aliphatic heterocycles. The zero-order valence-electron chi connectivity index (χ0n) is 12.0. The molecule has 0 radical (unpaired) electrons. The lowest BCUT2D eigenvalue weighted by atomic mass is 10.1. The Morgan fingerprint density at radius 3 is 2.94 bits per heavy atom. The van der Waals surface area contributed by atoms with Gasteiger partial charge in [-0.25, -0.2) is 0 Å². The molecule has 1 atom stereocenters. The number of rotatable bonds is 4. The Morgan fingerprint density at radius 2 is 2.28 bits per heavy atom. The average molecular weight is 266 g/mol. The average Bonchev–Trinajstić information content (AvgIpc) is 2.53. The van der Waals surface area contributed by atoms with Gasteiger partial charge in [-0.05, 0) is 51.4 Å². The van der Waals surface area contributed by atoms with Crippen molar-refractivity contribution in [3.8, 4) is 0 Å². The number of nitrogens with one attached hydrogen (secondary N) is 1. The summed E-state index contributed by atoms with van der Waals surface area (Å²) in [4.78, 5) is 5.63. The van der Waals surface area contributed by atoms with Gasteiger partial charge in [-0.3, -0.25) is 4.90 Å². The highest BCUT2D eigenvalue weighted by Crippen LogP contribution is 2.22. The third-order valence-electron chi connectivity index (χ3n) is 3.80. The highest BCUT2D eigenvalue weighted by atomic mass is 32.1. The van der Waals surface area contributed by atoms with Crippen molar-refractivity contribution in [2.45, 2.75) is 52.6 Å². The van der Waals surface area contributed by atoms with E-state index in [1.165, 1.54) is 54.2 Å². The Balaban J connectivity index is 1.94. The van der Waals surface area contributed by atoms with Gasteiger partial charge < -0.3 is 5.32 Å². The van der Waals surface area contributed by atoms with Gasteiger partial charge in [-0.15, -0.1) is 11.3 Å². The molecule has 2 rings (SSSR count). The predicted molar refractivity (Wildman–Crippen MR) is 80.4 cm³/mol. The highest BCUT2D eigenvalue weighted by molar-refractivity contribution is 7.12. The molecular formula is C15H26N2S. The van der Waals surface area contributed by atoms with E-state index < -0.39 is 0 Å². The van der Waals surface area contributed by atoms with Crippen molar-refractivity contribution in [2.75, 3.05) is 19.6 Å². The van der Waals surface area contributed by atoms with E-state index in [2.05, 4.69) is 37.1 Å². The summed E-state index contributed by atoms with van der Waals surface area (Å²) >= 11 is 1.97. The second-order valence-electron chi connectivity index (χ2n) is 5.48. The summed E-state index contributed by atoms with van der Waals surface area (Å²) in [6.45, 7) is 11.5.